The molecule has 0 fully saturated rings. The van der Waals surface area contributed by atoms with Gasteiger partial charge in [-0.1, -0.05) is 12.1 Å². The lowest BCUT2D eigenvalue weighted by molar-refractivity contribution is -0.120. The van der Waals surface area contributed by atoms with Crippen molar-refractivity contribution in [3.63, 3.8) is 0 Å². The zero-order valence-electron chi connectivity index (χ0n) is 10.6. The summed E-state index contributed by atoms with van der Waals surface area (Å²) in [5.41, 5.74) is 0.646. The van der Waals surface area contributed by atoms with Gasteiger partial charge in [0.25, 0.3) is 0 Å². The molecule has 0 spiro atoms. The number of alkyl halides is 3. The highest BCUT2D eigenvalue weighted by molar-refractivity contribution is 5.99. The van der Waals surface area contributed by atoms with E-state index in [-0.39, 0.29) is 11.8 Å². The van der Waals surface area contributed by atoms with Gasteiger partial charge in [0, 0.05) is 17.3 Å². The maximum absolute atomic E-state index is 12.6. The van der Waals surface area contributed by atoms with E-state index in [4.69, 9.17) is 0 Å². The molecule has 18 heavy (non-hydrogen) atoms. The van der Waals surface area contributed by atoms with E-state index >= 15 is 0 Å². The molecular formula is C13H16F3NO. The SMILES string of the molecule is CC(=O)c1ccccc1N(CC(F)(F)F)C(C)C. The molecule has 0 N–H and O–H groups in total. The maximum Gasteiger partial charge on any atom is 0.405 e. The van der Waals surface area contributed by atoms with Gasteiger partial charge in [0.1, 0.15) is 6.54 Å². The molecule has 0 unspecified atom stereocenters. The Morgan fingerprint density at radius 1 is 1.28 bits per heavy atom. The molecule has 100 valence electrons. The first-order chi connectivity index (χ1) is 8.22. The summed E-state index contributed by atoms with van der Waals surface area (Å²) >= 11 is 0. The third-order valence-corrected chi connectivity index (χ3v) is 2.57. The first kappa shape index (κ1) is 14.5. The van der Waals surface area contributed by atoms with Gasteiger partial charge in [-0.2, -0.15) is 13.2 Å². The predicted octanol–water partition coefficient (Wildman–Crippen LogP) is 3.67. The van der Waals surface area contributed by atoms with Crippen molar-refractivity contribution in [3.8, 4) is 0 Å². The van der Waals surface area contributed by atoms with Crippen molar-refractivity contribution >= 4 is 11.5 Å². The Labute approximate surface area is 104 Å². The molecule has 5 heteroatoms. The zero-order valence-corrected chi connectivity index (χ0v) is 10.6. The molecule has 0 aliphatic rings. The van der Waals surface area contributed by atoms with Gasteiger partial charge in [-0.3, -0.25) is 4.79 Å². The lowest BCUT2D eigenvalue weighted by Gasteiger charge is -2.31. The summed E-state index contributed by atoms with van der Waals surface area (Å²) in [6.45, 7) is 3.63. The van der Waals surface area contributed by atoms with Gasteiger partial charge >= 0.3 is 6.18 Å². The fourth-order valence-electron chi connectivity index (χ4n) is 1.76. The van der Waals surface area contributed by atoms with Gasteiger partial charge in [-0.25, -0.2) is 0 Å². The van der Waals surface area contributed by atoms with E-state index in [1.807, 2.05) is 0 Å². The smallest absolute Gasteiger partial charge is 0.359 e. The third-order valence-electron chi connectivity index (χ3n) is 2.57. The molecule has 1 rings (SSSR count). The zero-order chi connectivity index (χ0) is 13.9. The van der Waals surface area contributed by atoms with Crippen molar-refractivity contribution in [1.29, 1.82) is 0 Å². The first-order valence-electron chi connectivity index (χ1n) is 5.65. The Hall–Kier alpha value is -1.52. The second kappa shape index (κ2) is 5.42. The Morgan fingerprint density at radius 2 is 1.83 bits per heavy atom. The number of Topliss-reactive ketones (excluding diaryl/α,β-unsaturated/α-hetero) is 1. The van der Waals surface area contributed by atoms with Crippen LogP contribution in [0, 0.1) is 0 Å². The first-order valence-corrected chi connectivity index (χ1v) is 5.65. The van der Waals surface area contributed by atoms with Crippen LogP contribution in [-0.4, -0.2) is 24.5 Å². The lowest BCUT2D eigenvalue weighted by atomic mass is 10.1. The average Bonchev–Trinajstić information content (AvgIpc) is 2.24. The molecule has 0 radical (unpaired) electrons. The molecule has 0 aliphatic heterocycles. The third kappa shape index (κ3) is 3.75. The fourth-order valence-corrected chi connectivity index (χ4v) is 1.76. The van der Waals surface area contributed by atoms with Crippen LogP contribution in [0.2, 0.25) is 0 Å². The number of ketones is 1. The number of carbonyl (C=O) groups excluding carboxylic acids is 1. The van der Waals surface area contributed by atoms with E-state index in [0.29, 0.717) is 11.3 Å². The number of nitrogens with zero attached hydrogens (tertiary/aromatic N) is 1. The van der Waals surface area contributed by atoms with Crippen molar-refractivity contribution in [3.05, 3.63) is 29.8 Å². The summed E-state index contributed by atoms with van der Waals surface area (Å²) in [7, 11) is 0. The second-order valence-electron chi connectivity index (χ2n) is 4.41. The van der Waals surface area contributed by atoms with Gasteiger partial charge in [0.15, 0.2) is 5.78 Å². The molecule has 0 saturated heterocycles. The van der Waals surface area contributed by atoms with Crippen LogP contribution < -0.4 is 4.90 Å². The highest BCUT2D eigenvalue weighted by Gasteiger charge is 2.33. The van der Waals surface area contributed by atoms with Crippen molar-refractivity contribution in [2.24, 2.45) is 0 Å². The molecular weight excluding hydrogens is 243 g/mol. The van der Waals surface area contributed by atoms with E-state index < -0.39 is 12.7 Å². The summed E-state index contributed by atoms with van der Waals surface area (Å²) in [5, 5.41) is 0. The standard InChI is InChI=1S/C13H16F3NO/c1-9(2)17(8-13(14,15)16)12-7-5-4-6-11(12)10(3)18/h4-7,9H,8H2,1-3H3. The summed E-state index contributed by atoms with van der Waals surface area (Å²) in [6.07, 6.45) is -4.30. The van der Waals surface area contributed by atoms with Crippen molar-refractivity contribution in [2.45, 2.75) is 33.0 Å². The van der Waals surface area contributed by atoms with Gasteiger partial charge < -0.3 is 4.90 Å². The fraction of sp³-hybridized carbons (Fsp3) is 0.462. The van der Waals surface area contributed by atoms with E-state index in [2.05, 4.69) is 0 Å². The van der Waals surface area contributed by atoms with Crippen LogP contribution in [0.15, 0.2) is 24.3 Å². The van der Waals surface area contributed by atoms with Crippen LogP contribution in [0.4, 0.5) is 18.9 Å². The number of para-hydroxylation sites is 1. The Balaban J connectivity index is 3.18. The average molecular weight is 259 g/mol. The van der Waals surface area contributed by atoms with Gasteiger partial charge in [0.2, 0.25) is 0 Å². The van der Waals surface area contributed by atoms with Crippen LogP contribution in [0.1, 0.15) is 31.1 Å². The number of hydrogen-bond donors (Lipinski definition) is 0. The van der Waals surface area contributed by atoms with Crippen LogP contribution in [0.5, 0.6) is 0 Å². The molecule has 0 heterocycles. The van der Waals surface area contributed by atoms with Crippen LogP contribution in [-0.2, 0) is 0 Å². The number of benzene rings is 1. The highest BCUT2D eigenvalue weighted by atomic mass is 19.4. The molecule has 2 nitrogen and oxygen atoms in total. The van der Waals surface area contributed by atoms with Crippen molar-refractivity contribution in [1.82, 2.24) is 0 Å². The number of anilines is 1. The number of rotatable bonds is 4. The summed E-state index contributed by atoms with van der Waals surface area (Å²) in [6, 6.07) is 6.03. The molecule has 0 atom stereocenters. The van der Waals surface area contributed by atoms with Crippen molar-refractivity contribution in [2.75, 3.05) is 11.4 Å². The summed E-state index contributed by atoms with van der Waals surface area (Å²) < 4.78 is 37.7. The highest BCUT2D eigenvalue weighted by Crippen LogP contribution is 2.27. The van der Waals surface area contributed by atoms with Gasteiger partial charge in [-0.05, 0) is 32.9 Å². The van der Waals surface area contributed by atoms with Crippen molar-refractivity contribution < 1.29 is 18.0 Å². The number of halogens is 3. The molecule has 1 aromatic rings. The molecule has 0 bridgehead atoms. The summed E-state index contributed by atoms with van der Waals surface area (Å²) in [5.74, 6) is -0.238. The summed E-state index contributed by atoms with van der Waals surface area (Å²) in [4.78, 5) is 12.6. The topological polar surface area (TPSA) is 20.3 Å². The minimum Gasteiger partial charge on any atom is -0.359 e. The predicted molar refractivity (Wildman–Crippen MR) is 65.0 cm³/mol. The number of carbonyl (C=O) groups is 1. The Morgan fingerprint density at radius 3 is 2.28 bits per heavy atom. The molecule has 0 amide bonds. The van der Waals surface area contributed by atoms with Crippen LogP contribution in [0.25, 0.3) is 0 Å². The Bertz CT molecular complexity index is 426. The van der Waals surface area contributed by atoms with E-state index in [1.54, 1.807) is 38.1 Å². The number of hydrogen-bond acceptors (Lipinski definition) is 2. The minimum absolute atomic E-state index is 0.238. The maximum atomic E-state index is 12.6. The van der Waals surface area contributed by atoms with E-state index in [9.17, 15) is 18.0 Å². The molecule has 0 saturated carbocycles. The molecule has 0 aromatic heterocycles. The van der Waals surface area contributed by atoms with E-state index in [1.165, 1.54) is 11.8 Å². The van der Waals surface area contributed by atoms with Gasteiger partial charge in [0.05, 0.1) is 0 Å². The van der Waals surface area contributed by atoms with E-state index in [0.717, 1.165) is 0 Å². The minimum atomic E-state index is -4.30. The second-order valence-corrected chi connectivity index (χ2v) is 4.41. The largest absolute Gasteiger partial charge is 0.405 e. The normalized spacial score (nSPS) is 11.7. The molecule has 1 aromatic carbocycles. The quantitative estimate of drug-likeness (QED) is 0.769. The van der Waals surface area contributed by atoms with Crippen LogP contribution in [0.3, 0.4) is 0 Å². The molecule has 0 aliphatic carbocycles. The Kier molecular flexibility index (Phi) is 4.38. The van der Waals surface area contributed by atoms with Crippen LogP contribution >= 0.6 is 0 Å². The lowest BCUT2D eigenvalue weighted by Crippen LogP contribution is -2.39. The van der Waals surface area contributed by atoms with Gasteiger partial charge in [-0.15, -0.1) is 0 Å². The monoisotopic (exact) mass is 259 g/mol.